The number of carbonyl (C=O) groups is 2. The van der Waals surface area contributed by atoms with E-state index >= 15 is 0 Å². The summed E-state index contributed by atoms with van der Waals surface area (Å²) in [5.41, 5.74) is 0. The molecule has 0 heterocycles. The number of carbonyl (C=O) groups excluding carboxylic acids is 2. The van der Waals surface area contributed by atoms with E-state index in [-0.39, 0.29) is 24.5 Å². The fourth-order valence-corrected chi connectivity index (χ4v) is 2.13. The van der Waals surface area contributed by atoms with Gasteiger partial charge in [0.05, 0.1) is 20.1 Å². The Hall–Kier alpha value is -2.24. The second-order valence-electron chi connectivity index (χ2n) is 5.50. The summed E-state index contributed by atoms with van der Waals surface area (Å²) in [5.74, 6) is 0.153. The highest BCUT2D eigenvalue weighted by Crippen LogP contribution is 2.25. The average molecular weight is 323 g/mol. The van der Waals surface area contributed by atoms with Crippen LogP contribution in [0.4, 0.5) is 0 Å². The van der Waals surface area contributed by atoms with Crippen molar-refractivity contribution in [2.75, 3.05) is 27.4 Å². The number of esters is 1. The van der Waals surface area contributed by atoms with Crippen molar-refractivity contribution in [3.8, 4) is 11.5 Å². The lowest BCUT2D eigenvalue weighted by atomic mass is 10.1. The number of rotatable bonds is 8. The van der Waals surface area contributed by atoms with Crippen LogP contribution in [-0.2, 0) is 14.3 Å². The molecule has 1 rings (SSSR count). The highest BCUT2D eigenvalue weighted by Gasteiger charge is 2.24. The Morgan fingerprint density at radius 1 is 1.09 bits per heavy atom. The second-order valence-corrected chi connectivity index (χ2v) is 5.50. The van der Waals surface area contributed by atoms with Crippen LogP contribution in [0.1, 0.15) is 20.8 Å². The maximum absolute atomic E-state index is 12.4. The van der Waals surface area contributed by atoms with Gasteiger partial charge in [-0.3, -0.25) is 9.59 Å². The summed E-state index contributed by atoms with van der Waals surface area (Å²) < 4.78 is 15.4. The number of amides is 1. The van der Waals surface area contributed by atoms with Crippen molar-refractivity contribution in [2.45, 2.75) is 26.8 Å². The maximum atomic E-state index is 12.4. The van der Waals surface area contributed by atoms with Crippen molar-refractivity contribution < 1.29 is 23.8 Å². The van der Waals surface area contributed by atoms with Gasteiger partial charge in [-0.2, -0.15) is 0 Å². The first kappa shape index (κ1) is 18.8. The van der Waals surface area contributed by atoms with Gasteiger partial charge in [0.2, 0.25) is 0 Å². The molecule has 0 saturated carbocycles. The second kappa shape index (κ2) is 9.02. The molecule has 0 aliphatic rings. The molecule has 0 aromatic heterocycles. The fourth-order valence-electron chi connectivity index (χ4n) is 2.13. The topological polar surface area (TPSA) is 65.1 Å². The van der Waals surface area contributed by atoms with E-state index in [9.17, 15) is 9.59 Å². The average Bonchev–Trinajstić information content (AvgIpc) is 2.56. The first-order valence-electron chi connectivity index (χ1n) is 7.53. The molecule has 0 spiro atoms. The first-order chi connectivity index (χ1) is 10.9. The van der Waals surface area contributed by atoms with Gasteiger partial charge in [-0.1, -0.05) is 19.1 Å². The number of nitrogens with zero attached hydrogens (tertiary/aromatic N) is 1. The molecule has 0 aliphatic heterocycles. The van der Waals surface area contributed by atoms with Crippen LogP contribution in [0, 0.1) is 5.92 Å². The Balaban J connectivity index is 2.70. The molecule has 1 amide bonds. The highest BCUT2D eigenvalue weighted by molar-refractivity contribution is 5.79. The van der Waals surface area contributed by atoms with Gasteiger partial charge in [-0.15, -0.1) is 0 Å². The Bertz CT molecular complexity index is 529. The van der Waals surface area contributed by atoms with Gasteiger partial charge in [0.25, 0.3) is 5.91 Å². The number of ether oxygens (including phenoxy) is 3. The lowest BCUT2D eigenvalue weighted by Gasteiger charge is -2.28. The smallest absolute Gasteiger partial charge is 0.310 e. The lowest BCUT2D eigenvalue weighted by Crippen LogP contribution is -2.44. The van der Waals surface area contributed by atoms with E-state index in [2.05, 4.69) is 0 Å². The zero-order valence-corrected chi connectivity index (χ0v) is 14.4. The molecule has 23 heavy (non-hydrogen) atoms. The quantitative estimate of drug-likeness (QED) is 0.686. The number of methoxy groups -OCH3 is 2. The summed E-state index contributed by atoms with van der Waals surface area (Å²) in [4.78, 5) is 25.6. The standard InChI is InChI=1S/C17H25NO5/c1-12(2)18(10-13(3)17(20)22-5)16(19)11-23-15-9-7-6-8-14(15)21-4/h6-9,12-13H,10-11H2,1-5H3. The molecular formula is C17H25NO5. The number of hydrogen-bond donors (Lipinski definition) is 0. The van der Waals surface area contributed by atoms with Crippen LogP contribution in [0.25, 0.3) is 0 Å². The van der Waals surface area contributed by atoms with E-state index < -0.39 is 5.92 Å². The van der Waals surface area contributed by atoms with Crippen molar-refractivity contribution in [3.05, 3.63) is 24.3 Å². The van der Waals surface area contributed by atoms with Crippen LogP contribution in [-0.4, -0.2) is 50.2 Å². The largest absolute Gasteiger partial charge is 0.493 e. The summed E-state index contributed by atoms with van der Waals surface area (Å²) in [7, 11) is 2.88. The van der Waals surface area contributed by atoms with Crippen molar-refractivity contribution in [1.29, 1.82) is 0 Å². The molecule has 0 saturated heterocycles. The summed E-state index contributed by atoms with van der Waals surface area (Å²) in [6.45, 7) is 5.69. The van der Waals surface area contributed by atoms with Gasteiger partial charge in [-0.05, 0) is 26.0 Å². The van der Waals surface area contributed by atoms with E-state index in [0.29, 0.717) is 18.0 Å². The number of benzene rings is 1. The molecule has 128 valence electrons. The molecule has 1 aromatic rings. The van der Waals surface area contributed by atoms with Gasteiger partial charge < -0.3 is 19.1 Å². The monoisotopic (exact) mass is 323 g/mol. The number of hydrogen-bond acceptors (Lipinski definition) is 5. The molecule has 0 aliphatic carbocycles. The van der Waals surface area contributed by atoms with E-state index in [1.54, 1.807) is 31.1 Å². The lowest BCUT2D eigenvalue weighted by molar-refractivity contribution is -0.147. The molecule has 0 bridgehead atoms. The van der Waals surface area contributed by atoms with Gasteiger partial charge in [0.15, 0.2) is 18.1 Å². The SMILES string of the molecule is COC(=O)C(C)CN(C(=O)COc1ccccc1OC)C(C)C. The third kappa shape index (κ3) is 5.47. The molecule has 1 atom stereocenters. The predicted octanol–water partition coefficient (Wildman–Crippen LogP) is 2.12. The van der Waals surface area contributed by atoms with Crippen LogP contribution >= 0.6 is 0 Å². The third-order valence-corrected chi connectivity index (χ3v) is 3.44. The number of para-hydroxylation sites is 2. The molecule has 6 nitrogen and oxygen atoms in total. The van der Waals surface area contributed by atoms with E-state index in [0.717, 1.165) is 0 Å². The molecule has 6 heteroatoms. The molecule has 1 unspecified atom stereocenters. The zero-order valence-electron chi connectivity index (χ0n) is 14.4. The van der Waals surface area contributed by atoms with Gasteiger partial charge in [-0.25, -0.2) is 0 Å². The Labute approximate surface area is 137 Å². The van der Waals surface area contributed by atoms with E-state index in [1.165, 1.54) is 7.11 Å². The molecule has 1 aromatic carbocycles. The van der Waals surface area contributed by atoms with Crippen molar-refractivity contribution in [3.63, 3.8) is 0 Å². The maximum Gasteiger partial charge on any atom is 0.310 e. The van der Waals surface area contributed by atoms with Crippen LogP contribution in [0.3, 0.4) is 0 Å². The molecular weight excluding hydrogens is 298 g/mol. The van der Waals surface area contributed by atoms with Crippen LogP contribution in [0.5, 0.6) is 11.5 Å². The molecule has 0 radical (unpaired) electrons. The highest BCUT2D eigenvalue weighted by atomic mass is 16.5. The Kier molecular flexibility index (Phi) is 7.38. The predicted molar refractivity (Wildman–Crippen MR) is 86.5 cm³/mol. The molecule has 0 N–H and O–H groups in total. The molecule has 0 fully saturated rings. The minimum atomic E-state index is -0.391. The van der Waals surface area contributed by atoms with Gasteiger partial charge in [0, 0.05) is 12.6 Å². The van der Waals surface area contributed by atoms with Crippen LogP contribution < -0.4 is 9.47 Å². The van der Waals surface area contributed by atoms with Crippen molar-refractivity contribution in [1.82, 2.24) is 4.90 Å². The van der Waals surface area contributed by atoms with E-state index in [4.69, 9.17) is 14.2 Å². The summed E-state index contributed by atoms with van der Waals surface area (Å²) in [6.07, 6.45) is 0. The summed E-state index contributed by atoms with van der Waals surface area (Å²) in [6, 6.07) is 7.09. The third-order valence-electron chi connectivity index (χ3n) is 3.44. The van der Waals surface area contributed by atoms with Gasteiger partial charge in [0.1, 0.15) is 0 Å². The minimum Gasteiger partial charge on any atom is -0.493 e. The fraction of sp³-hybridized carbons (Fsp3) is 0.529. The normalized spacial score (nSPS) is 11.7. The summed E-state index contributed by atoms with van der Waals surface area (Å²) in [5, 5.41) is 0. The van der Waals surface area contributed by atoms with Crippen molar-refractivity contribution in [2.24, 2.45) is 5.92 Å². The van der Waals surface area contributed by atoms with Crippen LogP contribution in [0.2, 0.25) is 0 Å². The Morgan fingerprint density at radius 3 is 2.22 bits per heavy atom. The van der Waals surface area contributed by atoms with Gasteiger partial charge >= 0.3 is 5.97 Å². The first-order valence-corrected chi connectivity index (χ1v) is 7.53. The van der Waals surface area contributed by atoms with Crippen LogP contribution in [0.15, 0.2) is 24.3 Å². The Morgan fingerprint density at radius 2 is 1.70 bits per heavy atom. The van der Waals surface area contributed by atoms with E-state index in [1.807, 2.05) is 26.0 Å². The summed E-state index contributed by atoms with van der Waals surface area (Å²) >= 11 is 0. The zero-order chi connectivity index (χ0) is 17.4. The van der Waals surface area contributed by atoms with Crippen molar-refractivity contribution >= 4 is 11.9 Å². The minimum absolute atomic E-state index is 0.0455.